The molecule has 0 aliphatic heterocycles. The van der Waals surface area contributed by atoms with Crippen LogP contribution in [0, 0.1) is 5.92 Å². The second-order valence-electron chi connectivity index (χ2n) is 5.68. The van der Waals surface area contributed by atoms with E-state index < -0.39 is 21.9 Å². The fourth-order valence-electron chi connectivity index (χ4n) is 2.14. The van der Waals surface area contributed by atoms with Gasteiger partial charge in [-0.3, -0.25) is 9.59 Å². The van der Waals surface area contributed by atoms with E-state index in [-0.39, 0.29) is 36.1 Å². The van der Waals surface area contributed by atoms with E-state index in [4.69, 9.17) is 14.6 Å². The zero-order chi connectivity index (χ0) is 19.9. The van der Waals surface area contributed by atoms with Crippen LogP contribution in [0.25, 0.3) is 0 Å². The second-order valence-corrected chi connectivity index (χ2v) is 7.45. The van der Waals surface area contributed by atoms with E-state index in [1.54, 1.807) is 0 Å². The molecule has 0 fully saturated rings. The number of amides is 1. The molecular weight excluding hydrogens is 364 g/mol. The minimum atomic E-state index is -3.83. The number of ether oxygens (including phenoxy) is 2. The van der Waals surface area contributed by atoms with Crippen molar-refractivity contribution in [2.75, 3.05) is 34.4 Å². The lowest BCUT2D eigenvalue weighted by Crippen LogP contribution is -2.36. The zero-order valence-electron chi connectivity index (χ0n) is 15.2. The first-order valence-electron chi connectivity index (χ1n) is 7.80. The lowest BCUT2D eigenvalue weighted by molar-refractivity contribution is -0.142. The topological polar surface area (TPSA) is 122 Å². The highest BCUT2D eigenvalue weighted by Crippen LogP contribution is 2.29. The van der Waals surface area contributed by atoms with Gasteiger partial charge in [0.1, 0.15) is 0 Å². The van der Waals surface area contributed by atoms with Crippen molar-refractivity contribution in [1.82, 2.24) is 9.62 Å². The van der Waals surface area contributed by atoms with Gasteiger partial charge in [-0.2, -0.15) is 0 Å². The molecule has 0 aliphatic rings. The van der Waals surface area contributed by atoms with E-state index in [9.17, 15) is 18.0 Å². The number of methoxy groups -OCH3 is 2. The van der Waals surface area contributed by atoms with Crippen LogP contribution >= 0.6 is 0 Å². The second kappa shape index (κ2) is 9.39. The predicted molar refractivity (Wildman–Crippen MR) is 93.8 cm³/mol. The van der Waals surface area contributed by atoms with Crippen LogP contribution in [0.3, 0.4) is 0 Å². The molecule has 1 atom stereocenters. The summed E-state index contributed by atoms with van der Waals surface area (Å²) >= 11 is 0. The lowest BCUT2D eigenvalue weighted by atomic mass is 10.2. The average Bonchev–Trinajstić information content (AvgIpc) is 2.60. The standard InChI is InChI=1S/C16H24N2O7S/c1-11(16(20)21)10-18(2)15(19)7-8-17-26(22,23)12-5-6-13(24-3)14(9-12)25-4/h5-6,9,11,17H,7-8,10H2,1-4H3,(H,20,21). The first kappa shape index (κ1) is 21.7. The number of aliphatic carboxylic acids is 1. The molecule has 0 saturated carbocycles. The van der Waals surface area contributed by atoms with Gasteiger partial charge in [0.2, 0.25) is 15.9 Å². The maximum Gasteiger partial charge on any atom is 0.308 e. The van der Waals surface area contributed by atoms with Crippen LogP contribution in [-0.4, -0.2) is 64.7 Å². The van der Waals surface area contributed by atoms with Gasteiger partial charge >= 0.3 is 5.97 Å². The van der Waals surface area contributed by atoms with E-state index in [0.717, 1.165) is 0 Å². The van der Waals surface area contributed by atoms with Gasteiger partial charge in [-0.15, -0.1) is 0 Å². The number of sulfonamides is 1. The number of rotatable bonds is 10. The van der Waals surface area contributed by atoms with Gasteiger partial charge in [-0.1, -0.05) is 6.92 Å². The summed E-state index contributed by atoms with van der Waals surface area (Å²) in [7, 11) is 0.490. The number of nitrogens with zero attached hydrogens (tertiary/aromatic N) is 1. The van der Waals surface area contributed by atoms with Gasteiger partial charge in [0.05, 0.1) is 25.0 Å². The fraction of sp³-hybridized carbons (Fsp3) is 0.500. The molecule has 0 spiro atoms. The Morgan fingerprint density at radius 2 is 1.85 bits per heavy atom. The van der Waals surface area contributed by atoms with Gasteiger partial charge in [0, 0.05) is 32.6 Å². The van der Waals surface area contributed by atoms with Crippen LogP contribution in [0.2, 0.25) is 0 Å². The van der Waals surface area contributed by atoms with Crippen molar-refractivity contribution in [2.45, 2.75) is 18.2 Å². The number of hydrogen-bond acceptors (Lipinski definition) is 6. The third-order valence-corrected chi connectivity index (χ3v) is 5.15. The highest BCUT2D eigenvalue weighted by atomic mass is 32.2. The first-order valence-corrected chi connectivity index (χ1v) is 9.29. The van der Waals surface area contributed by atoms with Crippen LogP contribution in [-0.2, 0) is 19.6 Å². The molecule has 0 radical (unpaired) electrons. The van der Waals surface area contributed by atoms with Crippen LogP contribution < -0.4 is 14.2 Å². The Bertz CT molecular complexity index is 749. The number of hydrogen-bond donors (Lipinski definition) is 2. The number of carbonyl (C=O) groups is 2. The van der Waals surface area contributed by atoms with Gasteiger partial charge in [0.15, 0.2) is 11.5 Å². The van der Waals surface area contributed by atoms with Crippen molar-refractivity contribution < 1.29 is 32.6 Å². The van der Waals surface area contributed by atoms with Gasteiger partial charge < -0.3 is 19.5 Å². The van der Waals surface area contributed by atoms with Crippen LogP contribution in [0.4, 0.5) is 0 Å². The highest BCUT2D eigenvalue weighted by molar-refractivity contribution is 7.89. The summed E-state index contributed by atoms with van der Waals surface area (Å²) in [4.78, 5) is 24.0. The van der Waals surface area contributed by atoms with E-state index >= 15 is 0 Å². The van der Waals surface area contributed by atoms with Crippen molar-refractivity contribution >= 4 is 21.9 Å². The molecule has 1 unspecified atom stereocenters. The Morgan fingerprint density at radius 3 is 2.38 bits per heavy atom. The molecular formula is C16H24N2O7S. The van der Waals surface area contributed by atoms with Crippen molar-refractivity contribution in [1.29, 1.82) is 0 Å². The monoisotopic (exact) mass is 388 g/mol. The normalized spacial score (nSPS) is 12.3. The molecule has 2 N–H and O–H groups in total. The molecule has 1 amide bonds. The van der Waals surface area contributed by atoms with Crippen LogP contribution in [0.1, 0.15) is 13.3 Å². The Labute approximate surface area is 152 Å². The predicted octanol–water partition coefficient (Wildman–Crippen LogP) is 0.551. The Kier molecular flexibility index (Phi) is 7.84. The molecule has 1 aromatic carbocycles. The number of benzene rings is 1. The maximum absolute atomic E-state index is 12.3. The van der Waals surface area contributed by atoms with Gasteiger partial charge in [-0.25, -0.2) is 13.1 Å². The van der Waals surface area contributed by atoms with Crippen LogP contribution in [0.5, 0.6) is 11.5 Å². The molecule has 10 heteroatoms. The molecule has 0 heterocycles. The van der Waals surface area contributed by atoms with Crippen molar-refractivity contribution in [3.05, 3.63) is 18.2 Å². The maximum atomic E-state index is 12.3. The molecule has 0 saturated heterocycles. The summed E-state index contributed by atoms with van der Waals surface area (Å²) in [6.07, 6.45) is -0.0879. The smallest absolute Gasteiger partial charge is 0.308 e. The molecule has 1 aromatic rings. The molecule has 9 nitrogen and oxygen atoms in total. The summed E-state index contributed by atoms with van der Waals surface area (Å²) in [5, 5.41) is 8.85. The van der Waals surface area contributed by atoms with Crippen molar-refractivity contribution in [2.24, 2.45) is 5.92 Å². The summed E-state index contributed by atoms with van der Waals surface area (Å²) < 4.78 is 37.1. The Morgan fingerprint density at radius 1 is 1.23 bits per heavy atom. The highest BCUT2D eigenvalue weighted by Gasteiger charge is 2.20. The van der Waals surface area contributed by atoms with Gasteiger partial charge in [-0.05, 0) is 12.1 Å². The Hall–Kier alpha value is -2.33. The van der Waals surface area contributed by atoms with Gasteiger partial charge in [0.25, 0.3) is 0 Å². The molecule has 0 aromatic heterocycles. The molecule has 0 aliphatic carbocycles. The SMILES string of the molecule is COc1ccc(S(=O)(=O)NCCC(=O)N(C)CC(C)C(=O)O)cc1OC. The molecule has 26 heavy (non-hydrogen) atoms. The fourth-order valence-corrected chi connectivity index (χ4v) is 3.19. The van der Waals surface area contributed by atoms with E-state index in [1.807, 2.05) is 0 Å². The van der Waals surface area contributed by atoms with Crippen molar-refractivity contribution in [3.8, 4) is 11.5 Å². The molecule has 1 rings (SSSR count). The number of nitrogens with one attached hydrogen (secondary N) is 1. The average molecular weight is 388 g/mol. The molecule has 146 valence electrons. The zero-order valence-corrected chi connectivity index (χ0v) is 16.0. The van der Waals surface area contributed by atoms with E-state index in [1.165, 1.54) is 51.3 Å². The summed E-state index contributed by atoms with van der Waals surface area (Å²) in [5.41, 5.74) is 0. The van der Waals surface area contributed by atoms with Crippen molar-refractivity contribution in [3.63, 3.8) is 0 Å². The Balaban J connectivity index is 2.66. The third kappa shape index (κ3) is 5.88. The quantitative estimate of drug-likeness (QED) is 0.600. The third-order valence-electron chi connectivity index (χ3n) is 3.69. The largest absolute Gasteiger partial charge is 0.493 e. The summed E-state index contributed by atoms with van der Waals surface area (Å²) in [6.45, 7) is 1.43. The number of carbonyl (C=O) groups excluding carboxylic acids is 1. The van der Waals surface area contributed by atoms with E-state index in [2.05, 4.69) is 4.72 Å². The first-order chi connectivity index (χ1) is 12.1. The van der Waals surface area contributed by atoms with Crippen LogP contribution in [0.15, 0.2) is 23.1 Å². The number of carboxylic acid groups (broad SMARTS) is 1. The van der Waals surface area contributed by atoms with E-state index in [0.29, 0.717) is 5.75 Å². The summed E-state index contributed by atoms with van der Waals surface area (Å²) in [5.74, 6) is -1.39. The minimum Gasteiger partial charge on any atom is -0.493 e. The lowest BCUT2D eigenvalue weighted by Gasteiger charge is -2.19. The molecule has 0 bridgehead atoms. The summed E-state index contributed by atoms with van der Waals surface area (Å²) in [6, 6.07) is 4.16. The minimum absolute atomic E-state index is 0.0181. The number of carboxylic acids is 1.